The summed E-state index contributed by atoms with van der Waals surface area (Å²) in [5, 5.41) is 7.57. The molecule has 102 valence electrons. The van der Waals surface area contributed by atoms with E-state index in [4.69, 9.17) is 4.74 Å². The van der Waals surface area contributed by atoms with Crippen molar-refractivity contribution in [3.8, 4) is 5.75 Å². The number of nitrogens with one attached hydrogen (secondary N) is 1. The van der Waals surface area contributed by atoms with E-state index < -0.39 is 0 Å². The molecule has 0 saturated heterocycles. The lowest BCUT2D eigenvalue weighted by molar-refractivity contribution is 0.242. The smallest absolute Gasteiger partial charge is 0.120 e. The van der Waals surface area contributed by atoms with E-state index in [2.05, 4.69) is 22.5 Å². The first-order chi connectivity index (χ1) is 9.24. The summed E-state index contributed by atoms with van der Waals surface area (Å²) in [7, 11) is 0. The van der Waals surface area contributed by atoms with Crippen LogP contribution in [0.25, 0.3) is 0 Å². The molecule has 0 radical (unpaired) electrons. The lowest BCUT2D eigenvalue weighted by atomic mass is 10.2. The minimum Gasteiger partial charge on any atom is -0.491 e. The Hall–Kier alpha value is -1.81. The van der Waals surface area contributed by atoms with E-state index in [1.54, 1.807) is 6.20 Å². The van der Waals surface area contributed by atoms with E-state index in [1.807, 2.05) is 42.9 Å². The quantitative estimate of drug-likeness (QED) is 0.776. The van der Waals surface area contributed by atoms with Gasteiger partial charge in [0.25, 0.3) is 0 Å². The minimum atomic E-state index is 0.211. The summed E-state index contributed by atoms with van der Waals surface area (Å²) >= 11 is 0. The Balaban J connectivity index is 1.76. The predicted octanol–water partition coefficient (Wildman–Crippen LogP) is 2.46. The molecular formula is C15H21N3O. The van der Waals surface area contributed by atoms with Gasteiger partial charge in [-0.2, -0.15) is 5.10 Å². The molecule has 4 nitrogen and oxygen atoms in total. The number of hydrogen-bond acceptors (Lipinski definition) is 3. The van der Waals surface area contributed by atoms with Gasteiger partial charge in [0.1, 0.15) is 5.75 Å². The van der Waals surface area contributed by atoms with Crippen molar-refractivity contribution in [1.82, 2.24) is 15.1 Å². The Kier molecular flexibility index (Phi) is 4.98. The number of hydrogen-bond donors (Lipinski definition) is 1. The molecule has 0 aliphatic carbocycles. The second-order valence-corrected chi connectivity index (χ2v) is 4.76. The zero-order chi connectivity index (χ0) is 13.5. The van der Waals surface area contributed by atoms with Crippen molar-refractivity contribution in [2.75, 3.05) is 6.54 Å². The average Bonchev–Trinajstić information content (AvgIpc) is 2.87. The van der Waals surface area contributed by atoms with E-state index >= 15 is 0 Å². The second-order valence-electron chi connectivity index (χ2n) is 4.76. The van der Waals surface area contributed by atoms with Crippen LogP contribution in [0.1, 0.15) is 19.4 Å². The molecule has 0 bridgehead atoms. The van der Waals surface area contributed by atoms with E-state index in [1.165, 1.54) is 5.56 Å². The number of aromatic nitrogens is 2. The molecule has 19 heavy (non-hydrogen) atoms. The molecule has 4 heteroatoms. The Bertz CT molecular complexity index is 480. The van der Waals surface area contributed by atoms with Crippen molar-refractivity contribution >= 4 is 0 Å². The van der Waals surface area contributed by atoms with Gasteiger partial charge in [-0.05, 0) is 37.6 Å². The maximum absolute atomic E-state index is 5.68. The molecule has 0 amide bonds. The first-order valence-electron chi connectivity index (χ1n) is 6.68. The molecule has 0 unspecified atom stereocenters. The standard InChI is InChI=1S/C15H21N3O/c1-13(2)19-15-6-3-5-14(11-15)12-16-8-10-18-9-4-7-17-18/h3-7,9,11,13,16H,8,10,12H2,1-2H3. The fourth-order valence-electron chi connectivity index (χ4n) is 1.86. The van der Waals surface area contributed by atoms with Crippen LogP contribution in [0.2, 0.25) is 0 Å². The van der Waals surface area contributed by atoms with Crippen LogP contribution in [-0.2, 0) is 13.1 Å². The molecule has 1 heterocycles. The van der Waals surface area contributed by atoms with Gasteiger partial charge >= 0.3 is 0 Å². The maximum atomic E-state index is 5.68. The lowest BCUT2D eigenvalue weighted by Crippen LogP contribution is -2.19. The van der Waals surface area contributed by atoms with Crippen molar-refractivity contribution in [3.05, 3.63) is 48.3 Å². The molecule has 1 aromatic carbocycles. The van der Waals surface area contributed by atoms with Crippen LogP contribution >= 0.6 is 0 Å². The van der Waals surface area contributed by atoms with Gasteiger partial charge in [-0.15, -0.1) is 0 Å². The van der Waals surface area contributed by atoms with Gasteiger partial charge in [-0.3, -0.25) is 4.68 Å². The van der Waals surface area contributed by atoms with Crippen LogP contribution in [0.5, 0.6) is 5.75 Å². The zero-order valence-corrected chi connectivity index (χ0v) is 11.5. The van der Waals surface area contributed by atoms with Crippen molar-refractivity contribution in [2.45, 2.75) is 33.0 Å². The normalized spacial score (nSPS) is 10.9. The molecule has 0 aliphatic heterocycles. The van der Waals surface area contributed by atoms with Gasteiger partial charge in [0.05, 0.1) is 12.6 Å². The van der Waals surface area contributed by atoms with E-state index in [0.29, 0.717) is 0 Å². The minimum absolute atomic E-state index is 0.211. The third kappa shape index (κ3) is 4.75. The predicted molar refractivity (Wildman–Crippen MR) is 76.1 cm³/mol. The zero-order valence-electron chi connectivity index (χ0n) is 11.5. The molecule has 1 N–H and O–H groups in total. The van der Waals surface area contributed by atoms with Crippen molar-refractivity contribution in [1.29, 1.82) is 0 Å². The number of ether oxygens (including phenoxy) is 1. The summed E-state index contributed by atoms with van der Waals surface area (Å²) < 4.78 is 7.60. The van der Waals surface area contributed by atoms with Crippen LogP contribution < -0.4 is 10.1 Å². The van der Waals surface area contributed by atoms with Crippen LogP contribution in [-0.4, -0.2) is 22.4 Å². The van der Waals surface area contributed by atoms with Gasteiger partial charge in [0.15, 0.2) is 0 Å². The van der Waals surface area contributed by atoms with E-state index in [9.17, 15) is 0 Å². The highest BCUT2D eigenvalue weighted by molar-refractivity contribution is 5.28. The topological polar surface area (TPSA) is 39.1 Å². The molecule has 2 rings (SSSR count). The highest BCUT2D eigenvalue weighted by Gasteiger charge is 1.99. The van der Waals surface area contributed by atoms with E-state index in [0.717, 1.165) is 25.4 Å². The number of nitrogens with zero attached hydrogens (tertiary/aromatic N) is 2. The highest BCUT2D eigenvalue weighted by atomic mass is 16.5. The second kappa shape index (κ2) is 6.95. The Labute approximate surface area is 114 Å². The Morgan fingerprint density at radius 2 is 2.21 bits per heavy atom. The Morgan fingerprint density at radius 3 is 2.95 bits per heavy atom. The fraction of sp³-hybridized carbons (Fsp3) is 0.400. The summed E-state index contributed by atoms with van der Waals surface area (Å²) in [5.74, 6) is 0.932. The molecule has 0 spiro atoms. The SMILES string of the molecule is CC(C)Oc1cccc(CNCCn2cccn2)c1. The van der Waals surface area contributed by atoms with Gasteiger partial charge in [0.2, 0.25) is 0 Å². The largest absolute Gasteiger partial charge is 0.491 e. The molecule has 0 atom stereocenters. The van der Waals surface area contributed by atoms with Crippen LogP contribution in [0.15, 0.2) is 42.7 Å². The van der Waals surface area contributed by atoms with Crippen LogP contribution in [0.4, 0.5) is 0 Å². The number of benzene rings is 1. The molecular weight excluding hydrogens is 238 g/mol. The number of rotatable bonds is 7. The van der Waals surface area contributed by atoms with Gasteiger partial charge in [-0.25, -0.2) is 0 Å². The molecule has 2 aromatic rings. The van der Waals surface area contributed by atoms with E-state index in [-0.39, 0.29) is 6.10 Å². The van der Waals surface area contributed by atoms with Gasteiger partial charge in [-0.1, -0.05) is 12.1 Å². The summed E-state index contributed by atoms with van der Waals surface area (Å²) in [5.41, 5.74) is 1.23. The maximum Gasteiger partial charge on any atom is 0.120 e. The highest BCUT2D eigenvalue weighted by Crippen LogP contribution is 2.14. The Morgan fingerprint density at radius 1 is 1.32 bits per heavy atom. The van der Waals surface area contributed by atoms with Crippen molar-refractivity contribution in [2.24, 2.45) is 0 Å². The third-order valence-electron chi connectivity index (χ3n) is 2.68. The summed E-state index contributed by atoms with van der Waals surface area (Å²) in [6.07, 6.45) is 3.98. The monoisotopic (exact) mass is 259 g/mol. The average molecular weight is 259 g/mol. The summed E-state index contributed by atoms with van der Waals surface area (Å²) in [6, 6.07) is 10.2. The van der Waals surface area contributed by atoms with Crippen LogP contribution in [0.3, 0.4) is 0 Å². The first-order valence-corrected chi connectivity index (χ1v) is 6.68. The van der Waals surface area contributed by atoms with Crippen LogP contribution in [0, 0.1) is 0 Å². The fourth-order valence-corrected chi connectivity index (χ4v) is 1.86. The lowest BCUT2D eigenvalue weighted by Gasteiger charge is -2.11. The molecule has 0 aliphatic rings. The molecule has 0 saturated carbocycles. The van der Waals surface area contributed by atoms with Crippen molar-refractivity contribution in [3.63, 3.8) is 0 Å². The first kappa shape index (κ1) is 13.6. The molecule has 1 aromatic heterocycles. The van der Waals surface area contributed by atoms with Crippen molar-refractivity contribution < 1.29 is 4.74 Å². The molecule has 0 fully saturated rings. The summed E-state index contributed by atoms with van der Waals surface area (Å²) in [4.78, 5) is 0. The third-order valence-corrected chi connectivity index (χ3v) is 2.68. The van der Waals surface area contributed by atoms with Gasteiger partial charge in [0, 0.05) is 25.5 Å². The summed E-state index contributed by atoms with van der Waals surface area (Å²) in [6.45, 7) is 6.70. The van der Waals surface area contributed by atoms with Gasteiger partial charge < -0.3 is 10.1 Å².